The highest BCUT2D eigenvalue weighted by Crippen LogP contribution is 2.60. The van der Waals surface area contributed by atoms with Crippen LogP contribution in [-0.4, -0.2) is 22.4 Å². The molecule has 4 aliphatic carbocycles. The number of carbonyl (C=O) groups is 3. The fourth-order valence-electron chi connectivity index (χ4n) is 9.18. The third-order valence-electron chi connectivity index (χ3n) is 10.7. The van der Waals surface area contributed by atoms with Gasteiger partial charge in [-0.3, -0.25) is 14.9 Å². The second-order valence-electron chi connectivity index (χ2n) is 13.4. The van der Waals surface area contributed by atoms with Gasteiger partial charge in [0.2, 0.25) is 0 Å². The number of fused-ring (bicyclic) bond motifs is 1. The number of aryl methyl sites for hydroxylation is 1. The van der Waals surface area contributed by atoms with Crippen molar-refractivity contribution in [2.24, 2.45) is 17.8 Å². The van der Waals surface area contributed by atoms with Gasteiger partial charge in [-0.2, -0.15) is 0 Å². The predicted molar refractivity (Wildman–Crippen MR) is 168 cm³/mol. The molecule has 4 bridgehead atoms. The number of nitrogens with one attached hydrogen (secondary N) is 1. The standard InChI is InChI=1S/C37H35N3O3/c1-22-14-28(23(2)39(22)33-9-5-7-27-6-3-4-8-31(27)33)18-32-34(41)38-36(43)40(35(32)42)30-12-10-29(11-13-30)37-19-24-15-25(20-37)17-26(16-24)21-37/h3-14,18,24-26H,15-17,19-21H2,1-2H3,(H,38,41,43)/b32-18+. The predicted octanol–water partition coefficient (Wildman–Crippen LogP) is 7.38. The summed E-state index contributed by atoms with van der Waals surface area (Å²) < 4.78 is 2.14. The van der Waals surface area contributed by atoms with Crippen LogP contribution >= 0.6 is 0 Å². The second kappa shape index (κ2) is 9.53. The molecule has 1 N–H and O–H groups in total. The Morgan fingerprint density at radius 3 is 2.16 bits per heavy atom. The first-order valence-electron chi connectivity index (χ1n) is 15.5. The van der Waals surface area contributed by atoms with Gasteiger partial charge in [-0.05, 0) is 122 Å². The van der Waals surface area contributed by atoms with Gasteiger partial charge in [-0.25, -0.2) is 9.69 Å². The third-order valence-corrected chi connectivity index (χ3v) is 10.7. The quantitative estimate of drug-likeness (QED) is 0.206. The summed E-state index contributed by atoms with van der Waals surface area (Å²) >= 11 is 0. The van der Waals surface area contributed by atoms with Gasteiger partial charge >= 0.3 is 6.03 Å². The molecule has 0 spiro atoms. The highest BCUT2D eigenvalue weighted by molar-refractivity contribution is 6.39. The van der Waals surface area contributed by atoms with Gasteiger partial charge in [-0.1, -0.05) is 48.5 Å². The van der Waals surface area contributed by atoms with Crippen molar-refractivity contribution in [1.82, 2.24) is 9.88 Å². The summed E-state index contributed by atoms with van der Waals surface area (Å²) in [7, 11) is 0. The van der Waals surface area contributed by atoms with Gasteiger partial charge in [0.15, 0.2) is 0 Å². The lowest BCUT2D eigenvalue weighted by atomic mass is 9.48. The first-order valence-corrected chi connectivity index (χ1v) is 15.5. The lowest BCUT2D eigenvalue weighted by Crippen LogP contribution is -2.54. The van der Waals surface area contributed by atoms with E-state index < -0.39 is 17.8 Å². The van der Waals surface area contributed by atoms with Gasteiger partial charge in [0.1, 0.15) is 5.57 Å². The molecule has 3 aromatic carbocycles. The third kappa shape index (κ3) is 4.10. The molecular weight excluding hydrogens is 534 g/mol. The number of hydrogen-bond acceptors (Lipinski definition) is 3. The van der Waals surface area contributed by atoms with E-state index in [4.69, 9.17) is 0 Å². The van der Waals surface area contributed by atoms with Crippen LogP contribution in [0.5, 0.6) is 0 Å². The van der Waals surface area contributed by atoms with Crippen molar-refractivity contribution in [3.63, 3.8) is 0 Å². The minimum absolute atomic E-state index is 0.0528. The maximum atomic E-state index is 13.8. The first-order chi connectivity index (χ1) is 20.8. The van der Waals surface area contributed by atoms with Crippen molar-refractivity contribution >= 4 is 40.4 Å². The van der Waals surface area contributed by atoms with E-state index in [-0.39, 0.29) is 11.0 Å². The molecule has 0 unspecified atom stereocenters. The molecule has 0 atom stereocenters. The van der Waals surface area contributed by atoms with Crippen LogP contribution in [0.2, 0.25) is 0 Å². The van der Waals surface area contributed by atoms with Crippen LogP contribution in [-0.2, 0) is 15.0 Å². The van der Waals surface area contributed by atoms with E-state index in [1.807, 2.05) is 50.2 Å². The molecule has 1 saturated heterocycles. The summed E-state index contributed by atoms with van der Waals surface area (Å²) in [6, 6.07) is 23.7. The highest BCUT2D eigenvalue weighted by Gasteiger charge is 2.51. The van der Waals surface area contributed by atoms with E-state index in [0.29, 0.717) is 5.69 Å². The van der Waals surface area contributed by atoms with Gasteiger partial charge in [0.25, 0.3) is 11.8 Å². The van der Waals surface area contributed by atoms with Crippen molar-refractivity contribution in [2.75, 3.05) is 4.90 Å². The normalized spacial score (nSPS) is 27.4. The Balaban J connectivity index is 1.12. The molecule has 1 aliphatic heterocycles. The molecule has 9 rings (SSSR count). The largest absolute Gasteiger partial charge is 0.335 e. The monoisotopic (exact) mass is 569 g/mol. The zero-order valence-electron chi connectivity index (χ0n) is 24.6. The van der Waals surface area contributed by atoms with E-state index in [9.17, 15) is 14.4 Å². The van der Waals surface area contributed by atoms with Crippen molar-refractivity contribution in [3.05, 3.63) is 101 Å². The van der Waals surface area contributed by atoms with Crippen molar-refractivity contribution < 1.29 is 14.4 Å². The van der Waals surface area contributed by atoms with Crippen molar-refractivity contribution in [2.45, 2.75) is 57.8 Å². The van der Waals surface area contributed by atoms with Gasteiger partial charge in [0, 0.05) is 16.8 Å². The summed E-state index contributed by atoms with van der Waals surface area (Å²) in [5.74, 6) is 1.22. The van der Waals surface area contributed by atoms with E-state index in [1.165, 1.54) is 44.1 Å². The molecule has 6 nitrogen and oxygen atoms in total. The second-order valence-corrected chi connectivity index (χ2v) is 13.4. The van der Waals surface area contributed by atoms with Gasteiger partial charge in [-0.15, -0.1) is 0 Å². The fraction of sp³-hybridized carbons (Fsp3) is 0.324. The lowest BCUT2D eigenvalue weighted by molar-refractivity contribution is -0.122. The van der Waals surface area contributed by atoms with Gasteiger partial charge in [0.05, 0.1) is 11.4 Å². The number of barbiturate groups is 1. The van der Waals surface area contributed by atoms with Crippen molar-refractivity contribution in [3.8, 4) is 5.69 Å². The summed E-state index contributed by atoms with van der Waals surface area (Å²) in [6.07, 6.45) is 9.51. The Kier molecular flexibility index (Phi) is 5.81. The molecule has 2 heterocycles. The Hall–Kier alpha value is -4.45. The Morgan fingerprint density at radius 1 is 0.814 bits per heavy atom. The minimum Gasteiger partial charge on any atom is -0.317 e. The van der Waals surface area contributed by atoms with Crippen LogP contribution in [0.25, 0.3) is 22.5 Å². The topological polar surface area (TPSA) is 71.4 Å². The first kappa shape index (κ1) is 26.2. The highest BCUT2D eigenvalue weighted by atomic mass is 16.2. The number of imide groups is 2. The number of anilines is 1. The van der Waals surface area contributed by atoms with Crippen LogP contribution in [0.4, 0.5) is 10.5 Å². The molecule has 1 aromatic heterocycles. The summed E-state index contributed by atoms with van der Waals surface area (Å²) in [4.78, 5) is 40.9. The molecule has 4 aromatic rings. The van der Waals surface area contributed by atoms with E-state index in [0.717, 1.165) is 56.1 Å². The molecule has 4 saturated carbocycles. The van der Waals surface area contributed by atoms with E-state index in [1.54, 1.807) is 6.08 Å². The maximum Gasteiger partial charge on any atom is 0.335 e. The van der Waals surface area contributed by atoms with Crippen LogP contribution in [0.1, 0.15) is 61.0 Å². The number of aromatic nitrogens is 1. The van der Waals surface area contributed by atoms with Crippen LogP contribution in [0.15, 0.2) is 78.4 Å². The Morgan fingerprint density at radius 2 is 1.47 bits per heavy atom. The molecule has 5 fully saturated rings. The molecule has 216 valence electrons. The summed E-state index contributed by atoms with van der Waals surface area (Å²) in [5, 5.41) is 4.65. The molecular formula is C37H35N3O3. The zero-order chi connectivity index (χ0) is 29.5. The number of urea groups is 1. The number of rotatable bonds is 4. The number of amides is 4. The summed E-state index contributed by atoms with van der Waals surface area (Å²) in [6.45, 7) is 4.00. The number of nitrogens with zero attached hydrogens (tertiary/aromatic N) is 2. The van der Waals surface area contributed by atoms with E-state index >= 15 is 0 Å². The number of hydrogen-bond donors (Lipinski definition) is 1. The van der Waals surface area contributed by atoms with Crippen LogP contribution < -0.4 is 10.2 Å². The fourth-order valence-corrected chi connectivity index (χ4v) is 9.18. The Bertz CT molecular complexity index is 1820. The number of benzene rings is 3. The van der Waals surface area contributed by atoms with Gasteiger partial charge < -0.3 is 4.57 Å². The average molecular weight is 570 g/mol. The zero-order valence-corrected chi connectivity index (χ0v) is 24.6. The summed E-state index contributed by atoms with van der Waals surface area (Å²) in [5.41, 5.74) is 5.67. The molecule has 5 aliphatic rings. The lowest BCUT2D eigenvalue weighted by Gasteiger charge is -2.57. The van der Waals surface area contributed by atoms with Crippen LogP contribution in [0.3, 0.4) is 0 Å². The SMILES string of the molecule is Cc1cc(/C=C2\C(=O)NC(=O)N(c3ccc(C45CC6CC(CC(C6)C4)C5)cc3)C2=O)c(C)n1-c1cccc2ccccc12. The molecule has 43 heavy (non-hydrogen) atoms. The minimum atomic E-state index is -0.712. The number of carbonyl (C=O) groups excluding carboxylic acids is 3. The smallest absolute Gasteiger partial charge is 0.317 e. The van der Waals surface area contributed by atoms with Crippen LogP contribution in [0, 0.1) is 31.6 Å². The average Bonchev–Trinajstić information content (AvgIpc) is 3.26. The molecule has 6 heteroatoms. The van der Waals surface area contributed by atoms with Crippen molar-refractivity contribution in [1.29, 1.82) is 0 Å². The van der Waals surface area contributed by atoms with E-state index in [2.05, 4.69) is 46.3 Å². The Labute approximate surface area is 251 Å². The molecule has 0 radical (unpaired) electrons. The molecule has 4 amide bonds. The maximum absolute atomic E-state index is 13.8.